The lowest BCUT2D eigenvalue weighted by Crippen LogP contribution is -2.48. The fourth-order valence-electron chi connectivity index (χ4n) is 3.32. The number of hydrogen-bond donors (Lipinski definition) is 1. The predicted molar refractivity (Wildman–Crippen MR) is 108 cm³/mol. The molecule has 6 nitrogen and oxygen atoms in total. The van der Waals surface area contributed by atoms with Crippen LogP contribution in [-0.2, 0) is 10.0 Å². The summed E-state index contributed by atoms with van der Waals surface area (Å²) in [5, 5.41) is 2.91. The number of urea groups is 1. The van der Waals surface area contributed by atoms with Crippen molar-refractivity contribution >= 4 is 21.7 Å². The van der Waals surface area contributed by atoms with Gasteiger partial charge in [0.15, 0.2) is 0 Å². The van der Waals surface area contributed by atoms with Gasteiger partial charge in [-0.1, -0.05) is 42.5 Å². The van der Waals surface area contributed by atoms with E-state index in [0.29, 0.717) is 25.9 Å². The van der Waals surface area contributed by atoms with E-state index in [9.17, 15) is 13.2 Å². The third kappa shape index (κ3) is 4.87. The van der Waals surface area contributed by atoms with Gasteiger partial charge in [0, 0.05) is 31.9 Å². The van der Waals surface area contributed by atoms with E-state index in [-0.39, 0.29) is 12.1 Å². The number of hydrogen-bond acceptors (Lipinski definition) is 3. The van der Waals surface area contributed by atoms with E-state index in [4.69, 9.17) is 0 Å². The summed E-state index contributed by atoms with van der Waals surface area (Å²) in [4.78, 5) is 14.2. The smallest absolute Gasteiger partial charge is 0.321 e. The molecule has 1 N–H and O–H groups in total. The lowest BCUT2D eigenvalue weighted by Gasteiger charge is -2.35. The van der Waals surface area contributed by atoms with Crippen LogP contribution in [0.3, 0.4) is 0 Å². The van der Waals surface area contributed by atoms with Gasteiger partial charge in [-0.05, 0) is 36.1 Å². The summed E-state index contributed by atoms with van der Waals surface area (Å²) in [5.74, 6) is 0. The zero-order chi connectivity index (χ0) is 19.4. The first-order chi connectivity index (χ1) is 12.8. The average Bonchev–Trinajstić information content (AvgIpc) is 2.68. The summed E-state index contributed by atoms with van der Waals surface area (Å²) >= 11 is 0. The normalized spacial score (nSPS) is 16.1. The lowest BCUT2D eigenvalue weighted by molar-refractivity contribution is 0.174. The lowest BCUT2D eigenvalue weighted by atomic mass is 10.1. The molecule has 0 radical (unpaired) electrons. The molecule has 1 heterocycles. The molecule has 1 saturated heterocycles. The molecule has 1 fully saturated rings. The first-order valence-corrected chi connectivity index (χ1v) is 10.8. The van der Waals surface area contributed by atoms with Gasteiger partial charge < -0.3 is 10.2 Å². The van der Waals surface area contributed by atoms with E-state index in [1.807, 2.05) is 54.6 Å². The molecule has 0 saturated carbocycles. The molecule has 144 valence electrons. The Balaban J connectivity index is 1.57. The van der Waals surface area contributed by atoms with Crippen LogP contribution in [0.15, 0.2) is 54.6 Å². The maximum absolute atomic E-state index is 12.5. The summed E-state index contributed by atoms with van der Waals surface area (Å²) < 4.78 is 24.7. The summed E-state index contributed by atoms with van der Waals surface area (Å²) in [6.07, 6.45) is 2.51. The average molecular weight is 388 g/mol. The van der Waals surface area contributed by atoms with Crippen molar-refractivity contribution in [3.8, 4) is 11.1 Å². The Labute approximate surface area is 160 Å². The van der Waals surface area contributed by atoms with E-state index in [1.54, 1.807) is 11.9 Å². The Morgan fingerprint density at radius 3 is 2.11 bits per heavy atom. The minimum atomic E-state index is -3.16. The molecule has 0 atom stereocenters. The Bertz CT molecular complexity index is 874. The van der Waals surface area contributed by atoms with Crippen molar-refractivity contribution in [3.63, 3.8) is 0 Å². The maximum atomic E-state index is 12.5. The molecule has 2 aromatic rings. The Morgan fingerprint density at radius 2 is 1.56 bits per heavy atom. The minimum absolute atomic E-state index is 0.0339. The van der Waals surface area contributed by atoms with Crippen molar-refractivity contribution in [2.75, 3.05) is 31.7 Å². The maximum Gasteiger partial charge on any atom is 0.321 e. The number of nitrogens with zero attached hydrogens (tertiary/aromatic N) is 2. The highest BCUT2D eigenvalue weighted by molar-refractivity contribution is 7.88. The quantitative estimate of drug-likeness (QED) is 0.876. The minimum Gasteiger partial charge on any atom is -0.325 e. The highest BCUT2D eigenvalue weighted by Crippen LogP contribution is 2.22. The first kappa shape index (κ1) is 19.4. The zero-order valence-electron chi connectivity index (χ0n) is 15.6. The van der Waals surface area contributed by atoms with Crippen LogP contribution in [0.2, 0.25) is 0 Å². The third-order valence-corrected chi connectivity index (χ3v) is 6.31. The van der Waals surface area contributed by atoms with E-state index >= 15 is 0 Å². The van der Waals surface area contributed by atoms with Crippen molar-refractivity contribution in [2.24, 2.45) is 0 Å². The van der Waals surface area contributed by atoms with Crippen LogP contribution in [0.1, 0.15) is 12.8 Å². The monoisotopic (exact) mass is 387 g/mol. The molecule has 3 rings (SSSR count). The Hall–Kier alpha value is -2.38. The van der Waals surface area contributed by atoms with Gasteiger partial charge in [0.25, 0.3) is 0 Å². The molecular weight excluding hydrogens is 362 g/mol. The van der Waals surface area contributed by atoms with Gasteiger partial charge in [-0.3, -0.25) is 0 Å². The van der Waals surface area contributed by atoms with Crippen molar-refractivity contribution in [2.45, 2.75) is 18.9 Å². The molecule has 2 amide bonds. The van der Waals surface area contributed by atoms with Crippen LogP contribution in [0.25, 0.3) is 11.1 Å². The van der Waals surface area contributed by atoms with Gasteiger partial charge in [-0.15, -0.1) is 0 Å². The second kappa shape index (κ2) is 8.10. The molecule has 0 spiro atoms. The molecule has 1 aliphatic heterocycles. The zero-order valence-corrected chi connectivity index (χ0v) is 16.4. The molecule has 0 bridgehead atoms. The number of carbonyl (C=O) groups excluding carboxylic acids is 1. The van der Waals surface area contributed by atoms with Gasteiger partial charge in [0.2, 0.25) is 10.0 Å². The van der Waals surface area contributed by atoms with Crippen molar-refractivity contribution in [1.29, 1.82) is 0 Å². The first-order valence-electron chi connectivity index (χ1n) is 8.99. The van der Waals surface area contributed by atoms with E-state index < -0.39 is 10.0 Å². The number of anilines is 1. The number of nitrogens with one attached hydrogen (secondary N) is 1. The Morgan fingerprint density at radius 1 is 1.00 bits per heavy atom. The van der Waals surface area contributed by atoms with Crippen molar-refractivity contribution < 1.29 is 13.2 Å². The summed E-state index contributed by atoms with van der Waals surface area (Å²) in [7, 11) is -1.40. The number of benzene rings is 2. The second-order valence-corrected chi connectivity index (χ2v) is 8.86. The summed E-state index contributed by atoms with van der Waals surface area (Å²) in [5.41, 5.74) is 2.96. The number of piperidine rings is 1. The fraction of sp³-hybridized carbons (Fsp3) is 0.350. The van der Waals surface area contributed by atoms with Crippen LogP contribution in [0.5, 0.6) is 0 Å². The number of sulfonamides is 1. The van der Waals surface area contributed by atoms with Gasteiger partial charge in [-0.2, -0.15) is 0 Å². The predicted octanol–water partition coefficient (Wildman–Crippen LogP) is 3.24. The number of rotatable bonds is 4. The summed E-state index contributed by atoms with van der Waals surface area (Å²) in [6, 6.07) is 17.7. The van der Waals surface area contributed by atoms with Crippen molar-refractivity contribution in [1.82, 2.24) is 9.21 Å². The molecule has 2 aromatic carbocycles. The van der Waals surface area contributed by atoms with Crippen LogP contribution < -0.4 is 5.32 Å². The molecule has 0 unspecified atom stereocenters. The highest BCUT2D eigenvalue weighted by atomic mass is 32.2. The molecule has 1 aliphatic rings. The van der Waals surface area contributed by atoms with Crippen molar-refractivity contribution in [3.05, 3.63) is 54.6 Å². The fourth-order valence-corrected chi connectivity index (χ4v) is 4.19. The van der Waals surface area contributed by atoms with Crippen LogP contribution in [-0.4, -0.2) is 56.1 Å². The Kier molecular flexibility index (Phi) is 5.82. The van der Waals surface area contributed by atoms with Gasteiger partial charge in [-0.25, -0.2) is 17.5 Å². The van der Waals surface area contributed by atoms with Crippen LogP contribution in [0.4, 0.5) is 10.5 Å². The van der Waals surface area contributed by atoms with Gasteiger partial charge in [0.05, 0.1) is 6.26 Å². The third-order valence-electron chi connectivity index (χ3n) is 5.00. The standard InChI is InChI=1S/C20H25N3O3S/c1-22(19-12-14-23(15-13-19)27(2,25)26)20(24)21-18-10-8-17(9-11-18)16-6-4-3-5-7-16/h3-11,19H,12-15H2,1-2H3,(H,21,24). The number of carbonyl (C=O) groups is 1. The molecule has 0 aromatic heterocycles. The van der Waals surface area contributed by atoms with E-state index in [1.165, 1.54) is 10.6 Å². The topological polar surface area (TPSA) is 69.7 Å². The molecule has 0 aliphatic carbocycles. The molecule has 27 heavy (non-hydrogen) atoms. The van der Waals surface area contributed by atoms with Crippen LogP contribution in [0, 0.1) is 0 Å². The van der Waals surface area contributed by atoms with Crippen LogP contribution >= 0.6 is 0 Å². The second-order valence-electron chi connectivity index (χ2n) is 6.88. The van der Waals surface area contributed by atoms with Gasteiger partial charge in [0.1, 0.15) is 0 Å². The molecular formula is C20H25N3O3S. The van der Waals surface area contributed by atoms with Gasteiger partial charge >= 0.3 is 6.03 Å². The summed E-state index contributed by atoms with van der Waals surface area (Å²) in [6.45, 7) is 0.903. The SMILES string of the molecule is CN(C(=O)Nc1ccc(-c2ccccc2)cc1)C1CCN(S(C)(=O)=O)CC1. The largest absolute Gasteiger partial charge is 0.325 e. The number of amides is 2. The van der Waals surface area contributed by atoms with E-state index in [0.717, 1.165) is 16.8 Å². The molecule has 7 heteroatoms. The highest BCUT2D eigenvalue weighted by Gasteiger charge is 2.29. The van der Waals surface area contributed by atoms with E-state index in [2.05, 4.69) is 5.32 Å².